The first-order valence-electron chi connectivity index (χ1n) is 10.2. The summed E-state index contributed by atoms with van der Waals surface area (Å²) in [6.07, 6.45) is 1.24. The quantitative estimate of drug-likeness (QED) is 0.646. The van der Waals surface area contributed by atoms with Gasteiger partial charge in [0.05, 0.1) is 0 Å². The number of Topliss-reactive ketones (excluding diaryl/α,β-unsaturated/α-hetero) is 1. The lowest BCUT2D eigenvalue weighted by atomic mass is 9.73. The zero-order valence-electron chi connectivity index (χ0n) is 17.3. The largest absolute Gasteiger partial charge is 0.489 e. The maximum atomic E-state index is 13.2. The highest BCUT2D eigenvalue weighted by Gasteiger charge is 2.42. The minimum absolute atomic E-state index is 0.109. The second-order valence-electron chi connectivity index (χ2n) is 8.76. The number of nitrogens with one attached hydrogen (secondary N) is 1. The summed E-state index contributed by atoms with van der Waals surface area (Å²) in [5, 5.41) is 16.1. The number of tetrazole rings is 1. The van der Waals surface area contributed by atoms with Crippen LogP contribution in [-0.4, -0.2) is 26.0 Å². The highest BCUT2D eigenvalue weighted by atomic mass is 35.5. The molecule has 0 bridgehead atoms. The Hall–Kier alpha value is -3.19. The predicted molar refractivity (Wildman–Crippen MR) is 117 cm³/mol. The third-order valence-electron chi connectivity index (χ3n) is 5.71. The van der Waals surface area contributed by atoms with E-state index in [1.165, 1.54) is 0 Å². The van der Waals surface area contributed by atoms with E-state index in [-0.39, 0.29) is 11.2 Å². The van der Waals surface area contributed by atoms with Gasteiger partial charge in [0, 0.05) is 28.3 Å². The van der Waals surface area contributed by atoms with Crippen molar-refractivity contribution in [3.8, 4) is 5.75 Å². The fourth-order valence-corrected chi connectivity index (χ4v) is 4.46. The van der Waals surface area contributed by atoms with E-state index in [4.69, 9.17) is 16.3 Å². The normalized spacial score (nSPS) is 19.5. The van der Waals surface area contributed by atoms with Gasteiger partial charge in [-0.2, -0.15) is 4.68 Å². The van der Waals surface area contributed by atoms with Crippen molar-refractivity contribution in [2.24, 2.45) is 5.41 Å². The number of allylic oxidation sites excluding steroid dienone is 2. The fourth-order valence-electron chi connectivity index (χ4n) is 4.34. The summed E-state index contributed by atoms with van der Waals surface area (Å²) in [5.74, 6) is 1.33. The lowest BCUT2D eigenvalue weighted by Gasteiger charge is -2.38. The Labute approximate surface area is 185 Å². The monoisotopic (exact) mass is 435 g/mol. The first kappa shape index (κ1) is 19.8. The summed E-state index contributed by atoms with van der Waals surface area (Å²) in [7, 11) is 0. The van der Waals surface area contributed by atoms with Crippen LogP contribution in [0.5, 0.6) is 5.75 Å². The second kappa shape index (κ2) is 7.50. The molecule has 0 saturated heterocycles. The van der Waals surface area contributed by atoms with Crippen LogP contribution in [0.3, 0.4) is 0 Å². The van der Waals surface area contributed by atoms with Crippen molar-refractivity contribution in [1.82, 2.24) is 20.2 Å². The van der Waals surface area contributed by atoms with E-state index in [1.54, 1.807) is 4.68 Å². The average Bonchev–Trinajstić information content (AvgIpc) is 3.19. The number of nitrogens with zero attached hydrogens (tertiary/aromatic N) is 4. The van der Waals surface area contributed by atoms with Crippen molar-refractivity contribution in [2.45, 2.75) is 39.3 Å². The van der Waals surface area contributed by atoms with Gasteiger partial charge in [-0.05, 0) is 46.0 Å². The summed E-state index contributed by atoms with van der Waals surface area (Å²) in [4.78, 5) is 13.2. The molecule has 2 aliphatic rings. The molecule has 3 aromatic rings. The summed E-state index contributed by atoms with van der Waals surface area (Å²) >= 11 is 5.99. The van der Waals surface area contributed by atoms with E-state index in [1.807, 2.05) is 48.5 Å². The maximum absolute atomic E-state index is 13.2. The zero-order chi connectivity index (χ0) is 21.6. The number of carbonyl (C=O) groups excluding carboxylic acids is 1. The van der Waals surface area contributed by atoms with E-state index in [2.05, 4.69) is 34.7 Å². The predicted octanol–water partition coefficient (Wildman–Crippen LogP) is 4.56. The van der Waals surface area contributed by atoms with Crippen molar-refractivity contribution >= 4 is 23.3 Å². The topological polar surface area (TPSA) is 81.9 Å². The molecule has 158 valence electrons. The number of ether oxygens (including phenoxy) is 1. The Morgan fingerprint density at radius 1 is 1.16 bits per heavy atom. The van der Waals surface area contributed by atoms with E-state index in [0.717, 1.165) is 23.2 Å². The Balaban J connectivity index is 1.55. The summed E-state index contributed by atoms with van der Waals surface area (Å²) < 4.78 is 7.85. The molecule has 1 aromatic heterocycles. The smallest absolute Gasteiger partial charge is 0.248 e. The molecule has 1 atom stereocenters. The molecule has 0 fully saturated rings. The van der Waals surface area contributed by atoms with Gasteiger partial charge in [0.2, 0.25) is 5.95 Å². The van der Waals surface area contributed by atoms with Crippen LogP contribution in [0.1, 0.15) is 43.9 Å². The van der Waals surface area contributed by atoms with Gasteiger partial charge in [-0.1, -0.05) is 60.9 Å². The number of benzene rings is 2. The molecule has 0 spiro atoms. The minimum atomic E-state index is -0.439. The maximum Gasteiger partial charge on any atom is 0.248 e. The fraction of sp³-hybridized carbons (Fsp3) is 0.304. The third-order valence-corrected chi connectivity index (χ3v) is 5.97. The molecule has 7 nitrogen and oxygen atoms in total. The third kappa shape index (κ3) is 3.70. The zero-order valence-corrected chi connectivity index (χ0v) is 18.1. The second-order valence-corrected chi connectivity index (χ2v) is 9.20. The molecule has 31 heavy (non-hydrogen) atoms. The van der Waals surface area contributed by atoms with Gasteiger partial charge in [-0.3, -0.25) is 4.79 Å². The van der Waals surface area contributed by atoms with E-state index in [9.17, 15) is 4.79 Å². The molecular weight excluding hydrogens is 414 g/mol. The average molecular weight is 436 g/mol. The van der Waals surface area contributed by atoms with Crippen LogP contribution < -0.4 is 10.1 Å². The number of carbonyl (C=O) groups is 1. The Morgan fingerprint density at radius 2 is 1.94 bits per heavy atom. The summed E-state index contributed by atoms with van der Waals surface area (Å²) in [6.45, 7) is 4.59. The number of aromatic nitrogens is 4. The Bertz CT molecular complexity index is 1180. The molecular formula is C23H22ClN5O2. The van der Waals surface area contributed by atoms with Gasteiger partial charge in [-0.15, -0.1) is 0 Å². The van der Waals surface area contributed by atoms with Crippen molar-refractivity contribution in [1.29, 1.82) is 0 Å². The number of anilines is 1. The van der Waals surface area contributed by atoms with Crippen LogP contribution in [-0.2, 0) is 11.4 Å². The number of rotatable bonds is 4. The number of hydrogen-bond donors (Lipinski definition) is 1. The molecule has 1 N–H and O–H groups in total. The van der Waals surface area contributed by atoms with Gasteiger partial charge in [0.15, 0.2) is 5.78 Å². The minimum Gasteiger partial charge on any atom is -0.489 e. The van der Waals surface area contributed by atoms with Gasteiger partial charge >= 0.3 is 0 Å². The molecule has 0 radical (unpaired) electrons. The van der Waals surface area contributed by atoms with Crippen molar-refractivity contribution in [2.75, 3.05) is 5.32 Å². The molecule has 0 saturated carbocycles. The van der Waals surface area contributed by atoms with Crippen molar-refractivity contribution in [3.05, 3.63) is 76.0 Å². The molecule has 1 aliphatic heterocycles. The number of para-hydroxylation sites is 1. The first-order valence-corrected chi connectivity index (χ1v) is 10.6. The number of halogens is 1. The van der Waals surface area contributed by atoms with Crippen LogP contribution in [0.25, 0.3) is 0 Å². The first-order chi connectivity index (χ1) is 14.9. The number of fused-ring (bicyclic) bond motifs is 1. The lowest BCUT2D eigenvalue weighted by molar-refractivity contribution is -0.118. The molecule has 1 unspecified atom stereocenters. The van der Waals surface area contributed by atoms with Crippen LogP contribution in [0.4, 0.5) is 5.95 Å². The van der Waals surface area contributed by atoms with E-state index in [0.29, 0.717) is 35.3 Å². The van der Waals surface area contributed by atoms with Crippen LogP contribution in [0, 0.1) is 5.41 Å². The molecule has 0 amide bonds. The van der Waals surface area contributed by atoms with Gasteiger partial charge in [0.1, 0.15) is 18.4 Å². The SMILES string of the molecule is CC1(C)CC(=O)C2=C(C1)Nc1nnnn1C2c1ccccc1OCc1ccc(Cl)cc1. The van der Waals surface area contributed by atoms with Crippen LogP contribution in [0.15, 0.2) is 59.8 Å². The molecule has 1 aliphatic carbocycles. The standard InChI is InChI=1S/C23H22ClN5O2/c1-23(2)11-17-20(18(30)12-23)21(29-22(25-17)26-27-28-29)16-5-3-4-6-19(16)31-13-14-7-9-15(24)10-8-14/h3-10,21H,11-13H2,1-2H3,(H,25,26,28). The Kier molecular flexibility index (Phi) is 4.78. The number of hydrogen-bond acceptors (Lipinski definition) is 6. The number of ketones is 1. The van der Waals surface area contributed by atoms with Gasteiger partial charge < -0.3 is 10.1 Å². The van der Waals surface area contributed by atoms with Gasteiger partial charge in [0.25, 0.3) is 0 Å². The van der Waals surface area contributed by atoms with Crippen LogP contribution in [0.2, 0.25) is 5.02 Å². The van der Waals surface area contributed by atoms with Crippen molar-refractivity contribution < 1.29 is 9.53 Å². The van der Waals surface area contributed by atoms with Gasteiger partial charge in [-0.25, -0.2) is 0 Å². The molecule has 2 aromatic carbocycles. The molecule has 5 rings (SSSR count). The highest BCUT2D eigenvalue weighted by Crippen LogP contribution is 2.46. The summed E-state index contributed by atoms with van der Waals surface area (Å²) in [6, 6.07) is 14.8. The van der Waals surface area contributed by atoms with Crippen LogP contribution >= 0.6 is 11.6 Å². The lowest BCUT2D eigenvalue weighted by Crippen LogP contribution is -2.36. The molecule has 8 heteroatoms. The Morgan fingerprint density at radius 3 is 2.74 bits per heavy atom. The summed E-state index contributed by atoms with van der Waals surface area (Å²) in [5.41, 5.74) is 3.34. The van der Waals surface area contributed by atoms with Crippen molar-refractivity contribution in [3.63, 3.8) is 0 Å². The van der Waals surface area contributed by atoms with E-state index >= 15 is 0 Å². The van der Waals surface area contributed by atoms with E-state index < -0.39 is 6.04 Å². The highest BCUT2D eigenvalue weighted by molar-refractivity contribution is 6.30. The molecule has 2 heterocycles.